The Morgan fingerprint density at radius 2 is 0.818 bits per heavy atom. The lowest BCUT2D eigenvalue weighted by molar-refractivity contribution is -0.133. The first-order chi connectivity index (χ1) is 15.4. The van der Waals surface area contributed by atoms with E-state index in [1.54, 1.807) is 0 Å². The maximum absolute atomic E-state index is 13.2. The third-order valence-corrected chi connectivity index (χ3v) is 10.3. The van der Waals surface area contributed by atoms with Crippen molar-refractivity contribution in [1.29, 1.82) is 0 Å². The Labute approximate surface area is 201 Å². The van der Waals surface area contributed by atoms with Crippen LogP contribution in [0.2, 0.25) is 0 Å². The fraction of sp³-hybridized carbons (Fsp3) is 0.367. The van der Waals surface area contributed by atoms with Gasteiger partial charge in [0.15, 0.2) is 0 Å². The zero-order valence-corrected chi connectivity index (χ0v) is 22.7. The number of hydrogen-bond acceptors (Lipinski definition) is 2. The van der Waals surface area contributed by atoms with E-state index in [-0.39, 0.29) is 5.97 Å². The molecule has 0 aliphatic carbocycles. The minimum Gasteiger partial charge on any atom is -0.402 e. The van der Waals surface area contributed by atoms with Crippen molar-refractivity contribution in [2.45, 2.75) is 90.3 Å². The molecular weight excluding hydrogens is 424 g/mol. The molecule has 3 heteroatoms. The molecule has 0 amide bonds. The molecule has 0 spiro atoms. The average molecular weight is 463 g/mol. The number of benzene rings is 3. The van der Waals surface area contributed by atoms with Gasteiger partial charge in [-0.3, -0.25) is 4.79 Å². The van der Waals surface area contributed by atoms with Crippen molar-refractivity contribution in [2.24, 2.45) is 0 Å². The van der Waals surface area contributed by atoms with Crippen LogP contribution in [-0.4, -0.2) is 5.97 Å². The van der Waals surface area contributed by atoms with E-state index in [0.717, 1.165) is 14.7 Å². The minimum atomic E-state index is -2.33. The lowest BCUT2D eigenvalue weighted by Crippen LogP contribution is -2.19. The van der Waals surface area contributed by atoms with Crippen LogP contribution in [0.25, 0.3) is 0 Å². The molecule has 2 nitrogen and oxygen atoms in total. The summed E-state index contributed by atoms with van der Waals surface area (Å²) >= 11 is 0. The molecule has 3 aromatic carbocycles. The lowest BCUT2D eigenvalue weighted by Gasteiger charge is -2.45. The smallest absolute Gasteiger partial charge is 0.316 e. The van der Waals surface area contributed by atoms with Gasteiger partial charge in [-0.1, -0.05) is 60.0 Å². The van der Waals surface area contributed by atoms with E-state index in [2.05, 4.69) is 98.7 Å². The van der Waals surface area contributed by atoms with E-state index < -0.39 is 10.3 Å². The molecule has 3 rings (SSSR count). The van der Waals surface area contributed by atoms with Crippen LogP contribution < -0.4 is 0 Å². The number of aryl methyl sites for hydroxylation is 9. The van der Waals surface area contributed by atoms with E-state index >= 15 is 0 Å². The Bertz CT molecular complexity index is 1030. The molecule has 3 aromatic rings. The van der Waals surface area contributed by atoms with Gasteiger partial charge in [-0.15, -0.1) is 0 Å². The highest BCUT2D eigenvalue weighted by Gasteiger charge is 2.42. The van der Waals surface area contributed by atoms with Gasteiger partial charge < -0.3 is 4.18 Å². The Morgan fingerprint density at radius 1 is 0.576 bits per heavy atom. The molecule has 0 N–H and O–H groups in total. The normalized spacial score (nSPS) is 12.1. The van der Waals surface area contributed by atoms with Crippen LogP contribution in [0.15, 0.2) is 51.1 Å². The molecule has 0 aliphatic rings. The van der Waals surface area contributed by atoms with Crippen molar-refractivity contribution in [3.8, 4) is 0 Å². The van der Waals surface area contributed by atoms with Crippen molar-refractivity contribution in [3.63, 3.8) is 0 Å². The van der Waals surface area contributed by atoms with Crippen LogP contribution in [0.5, 0.6) is 0 Å². The maximum atomic E-state index is 13.2. The van der Waals surface area contributed by atoms with Gasteiger partial charge in [-0.25, -0.2) is 0 Å². The van der Waals surface area contributed by atoms with E-state index in [9.17, 15) is 4.79 Å². The standard InChI is InChI=1S/C30H38O2S/c1-11-27(31)32-33(28-21(5)12-18(2)13-22(28)6,29-23(7)14-19(3)15-24(29)8)30-25(9)16-20(4)17-26(30)10/h12-17H,11H2,1-10H3. The summed E-state index contributed by atoms with van der Waals surface area (Å²) in [7, 11) is -2.33. The fourth-order valence-electron chi connectivity index (χ4n) is 5.49. The second kappa shape index (κ2) is 9.38. The molecule has 0 atom stereocenters. The summed E-state index contributed by atoms with van der Waals surface area (Å²) in [5.74, 6) is -0.164. The topological polar surface area (TPSA) is 26.3 Å². The van der Waals surface area contributed by atoms with Crippen molar-refractivity contribution in [2.75, 3.05) is 0 Å². The minimum absolute atomic E-state index is 0.164. The third kappa shape index (κ3) is 4.48. The molecule has 0 aliphatic heterocycles. The monoisotopic (exact) mass is 462 g/mol. The van der Waals surface area contributed by atoms with E-state index in [4.69, 9.17) is 4.18 Å². The van der Waals surface area contributed by atoms with Gasteiger partial charge in [0, 0.05) is 21.1 Å². The summed E-state index contributed by atoms with van der Waals surface area (Å²) in [5.41, 5.74) is 10.7. The highest BCUT2D eigenvalue weighted by molar-refractivity contribution is 8.30. The van der Waals surface area contributed by atoms with Crippen LogP contribution in [0.4, 0.5) is 0 Å². The molecule has 0 bridgehead atoms. The van der Waals surface area contributed by atoms with Gasteiger partial charge >= 0.3 is 5.97 Å². The van der Waals surface area contributed by atoms with Gasteiger partial charge in [-0.05, 0) is 106 Å². The molecule has 0 saturated heterocycles. The summed E-state index contributed by atoms with van der Waals surface area (Å²) in [5, 5.41) is 0. The predicted octanol–water partition coefficient (Wildman–Crippen LogP) is 8.61. The Kier molecular flexibility index (Phi) is 7.14. The predicted molar refractivity (Wildman–Crippen MR) is 141 cm³/mol. The van der Waals surface area contributed by atoms with Crippen LogP contribution in [0, 0.1) is 62.3 Å². The number of hydrogen-bond donors (Lipinski definition) is 0. The third-order valence-electron chi connectivity index (χ3n) is 6.18. The van der Waals surface area contributed by atoms with E-state index in [1.807, 2.05) is 6.92 Å². The molecule has 33 heavy (non-hydrogen) atoms. The molecule has 176 valence electrons. The first kappa shape index (κ1) is 25.1. The molecule has 0 unspecified atom stereocenters. The number of rotatable bonds is 5. The first-order valence-corrected chi connectivity index (χ1v) is 13.3. The fourth-order valence-corrected chi connectivity index (χ4v) is 9.82. The average Bonchev–Trinajstić information content (AvgIpc) is 2.65. The van der Waals surface area contributed by atoms with E-state index in [1.165, 1.54) is 50.1 Å². The highest BCUT2D eigenvalue weighted by atomic mass is 32.3. The van der Waals surface area contributed by atoms with Crippen LogP contribution >= 0.6 is 10.3 Å². The Morgan fingerprint density at radius 3 is 1.03 bits per heavy atom. The van der Waals surface area contributed by atoms with Gasteiger partial charge in [-0.2, -0.15) is 0 Å². The molecule has 0 fully saturated rings. The van der Waals surface area contributed by atoms with Crippen molar-refractivity contribution < 1.29 is 8.98 Å². The maximum Gasteiger partial charge on any atom is 0.316 e. The molecular formula is C30H38O2S. The summed E-state index contributed by atoms with van der Waals surface area (Å²) < 4.78 is 6.79. The Hall–Kier alpha value is -2.52. The zero-order valence-electron chi connectivity index (χ0n) is 21.9. The summed E-state index contributed by atoms with van der Waals surface area (Å²) in [6.07, 6.45) is 0.340. The van der Waals surface area contributed by atoms with Gasteiger partial charge in [0.25, 0.3) is 0 Å². The quantitative estimate of drug-likeness (QED) is 0.379. The van der Waals surface area contributed by atoms with Gasteiger partial charge in [0.2, 0.25) is 0 Å². The number of carbonyl (C=O) groups excluding carboxylic acids is 1. The van der Waals surface area contributed by atoms with Crippen LogP contribution in [-0.2, 0) is 8.98 Å². The first-order valence-electron chi connectivity index (χ1n) is 11.7. The van der Waals surface area contributed by atoms with Crippen LogP contribution in [0.1, 0.15) is 63.4 Å². The SMILES string of the molecule is CCC(=O)OS(c1c(C)cc(C)cc1C)(c1c(C)cc(C)cc1C)c1c(C)cc(C)cc1C. The van der Waals surface area contributed by atoms with Crippen LogP contribution in [0.3, 0.4) is 0 Å². The largest absolute Gasteiger partial charge is 0.402 e. The highest BCUT2D eigenvalue weighted by Crippen LogP contribution is 2.73. The van der Waals surface area contributed by atoms with Gasteiger partial charge in [0.05, 0.1) is 0 Å². The van der Waals surface area contributed by atoms with Gasteiger partial charge in [0.1, 0.15) is 0 Å². The molecule has 0 aromatic heterocycles. The lowest BCUT2D eigenvalue weighted by atomic mass is 10.1. The second-order valence-electron chi connectivity index (χ2n) is 9.55. The summed E-state index contributed by atoms with van der Waals surface area (Å²) in [6, 6.07) is 13.3. The second-order valence-corrected chi connectivity index (χ2v) is 12.1. The van der Waals surface area contributed by atoms with E-state index in [0.29, 0.717) is 6.42 Å². The number of carbonyl (C=O) groups is 1. The molecule has 0 saturated carbocycles. The molecule has 0 heterocycles. The zero-order chi connectivity index (χ0) is 24.7. The summed E-state index contributed by atoms with van der Waals surface area (Å²) in [4.78, 5) is 16.7. The molecule has 0 radical (unpaired) electrons. The van der Waals surface area contributed by atoms with Crippen molar-refractivity contribution >= 4 is 16.3 Å². The van der Waals surface area contributed by atoms with Crippen molar-refractivity contribution in [1.82, 2.24) is 0 Å². The van der Waals surface area contributed by atoms with Crippen molar-refractivity contribution in [3.05, 3.63) is 86.5 Å². The Balaban J connectivity index is 2.67. The summed E-state index contributed by atoms with van der Waals surface area (Å²) in [6.45, 7) is 21.2.